The Kier molecular flexibility index (Phi) is 3.33. The molecule has 0 bridgehead atoms. The number of halogens is 1. The fourth-order valence-electron chi connectivity index (χ4n) is 1.53. The third-order valence-electron chi connectivity index (χ3n) is 2.68. The molecule has 1 fully saturated rings. The molecule has 17 heavy (non-hydrogen) atoms. The normalized spacial score (nSPS) is 14.4. The number of rotatable bonds is 4. The van der Waals surface area contributed by atoms with E-state index >= 15 is 0 Å². The van der Waals surface area contributed by atoms with Gasteiger partial charge < -0.3 is 10.4 Å². The molecule has 4 nitrogen and oxygen atoms in total. The van der Waals surface area contributed by atoms with E-state index in [1.54, 1.807) is 6.07 Å². The van der Waals surface area contributed by atoms with E-state index < -0.39 is 5.97 Å². The van der Waals surface area contributed by atoms with Crippen LogP contribution in [0.1, 0.15) is 28.8 Å². The fraction of sp³-hybridized carbons (Fsp3) is 0.333. The van der Waals surface area contributed by atoms with Crippen molar-refractivity contribution in [2.45, 2.75) is 19.4 Å². The summed E-state index contributed by atoms with van der Waals surface area (Å²) in [6, 6.07) is 4.73. The maximum Gasteiger partial charge on any atom is 0.337 e. The van der Waals surface area contributed by atoms with Gasteiger partial charge in [-0.15, -0.1) is 0 Å². The molecule has 1 aliphatic rings. The van der Waals surface area contributed by atoms with E-state index in [2.05, 4.69) is 5.32 Å². The number of hydrogen-bond donors (Lipinski definition) is 2. The van der Waals surface area contributed by atoms with E-state index in [0.717, 1.165) is 18.4 Å². The largest absolute Gasteiger partial charge is 0.478 e. The number of benzene rings is 1. The monoisotopic (exact) mass is 253 g/mol. The number of amides is 1. The van der Waals surface area contributed by atoms with Crippen LogP contribution in [0.15, 0.2) is 18.2 Å². The minimum Gasteiger partial charge on any atom is -0.478 e. The van der Waals surface area contributed by atoms with Gasteiger partial charge in [-0.3, -0.25) is 4.79 Å². The second-order valence-electron chi connectivity index (χ2n) is 4.11. The van der Waals surface area contributed by atoms with Gasteiger partial charge in [0.15, 0.2) is 0 Å². The second-order valence-corrected chi connectivity index (χ2v) is 4.52. The van der Waals surface area contributed by atoms with Crippen molar-refractivity contribution >= 4 is 23.5 Å². The summed E-state index contributed by atoms with van der Waals surface area (Å²) in [6.07, 6.45) is 1.90. The molecule has 1 aliphatic carbocycles. The Hall–Kier alpha value is -1.55. The molecule has 0 saturated heterocycles. The molecule has 0 heterocycles. The summed E-state index contributed by atoms with van der Waals surface area (Å²) < 4.78 is 0. The van der Waals surface area contributed by atoms with E-state index in [-0.39, 0.29) is 22.4 Å². The summed E-state index contributed by atoms with van der Waals surface area (Å²) in [5.41, 5.74) is 0.797. The van der Waals surface area contributed by atoms with Crippen LogP contribution in [0.3, 0.4) is 0 Å². The molecular formula is C12H12ClNO3. The molecule has 1 aromatic carbocycles. The average Bonchev–Trinajstić information content (AvgIpc) is 3.11. The van der Waals surface area contributed by atoms with Crippen LogP contribution in [0, 0.1) is 5.92 Å². The summed E-state index contributed by atoms with van der Waals surface area (Å²) in [5, 5.41) is 11.9. The number of aromatic carboxylic acids is 1. The van der Waals surface area contributed by atoms with Crippen LogP contribution in [0.5, 0.6) is 0 Å². The number of carboxylic acids is 1. The van der Waals surface area contributed by atoms with Gasteiger partial charge in [-0.2, -0.15) is 0 Å². The van der Waals surface area contributed by atoms with Gasteiger partial charge in [-0.1, -0.05) is 17.7 Å². The zero-order chi connectivity index (χ0) is 12.4. The maximum absolute atomic E-state index is 11.4. The molecule has 0 radical (unpaired) electrons. The first-order valence-corrected chi connectivity index (χ1v) is 5.75. The van der Waals surface area contributed by atoms with E-state index in [1.165, 1.54) is 12.1 Å². The Morgan fingerprint density at radius 3 is 2.71 bits per heavy atom. The van der Waals surface area contributed by atoms with Crippen LogP contribution >= 0.6 is 11.6 Å². The van der Waals surface area contributed by atoms with Crippen molar-refractivity contribution in [1.82, 2.24) is 5.32 Å². The molecule has 5 heteroatoms. The zero-order valence-electron chi connectivity index (χ0n) is 9.07. The van der Waals surface area contributed by atoms with Gasteiger partial charge in [-0.25, -0.2) is 4.79 Å². The third kappa shape index (κ3) is 2.97. The van der Waals surface area contributed by atoms with Crippen LogP contribution in [-0.2, 0) is 11.3 Å². The van der Waals surface area contributed by atoms with Crippen LogP contribution in [-0.4, -0.2) is 17.0 Å². The molecule has 1 aromatic rings. The van der Waals surface area contributed by atoms with Crippen LogP contribution in [0.2, 0.25) is 5.02 Å². The van der Waals surface area contributed by atoms with E-state index in [0.29, 0.717) is 6.54 Å². The summed E-state index contributed by atoms with van der Waals surface area (Å²) >= 11 is 5.75. The van der Waals surface area contributed by atoms with E-state index in [1.807, 2.05) is 0 Å². The van der Waals surface area contributed by atoms with E-state index in [9.17, 15) is 9.59 Å². The highest BCUT2D eigenvalue weighted by atomic mass is 35.5. The fourth-order valence-corrected chi connectivity index (χ4v) is 1.72. The maximum atomic E-state index is 11.4. The van der Waals surface area contributed by atoms with Crippen molar-refractivity contribution in [2.75, 3.05) is 0 Å². The SMILES string of the molecule is O=C(O)c1cc(CNC(=O)C2CC2)ccc1Cl. The second kappa shape index (κ2) is 4.75. The highest BCUT2D eigenvalue weighted by molar-refractivity contribution is 6.33. The van der Waals surface area contributed by atoms with Gasteiger partial charge in [-0.05, 0) is 30.5 Å². The molecule has 2 rings (SSSR count). The van der Waals surface area contributed by atoms with Gasteiger partial charge in [0, 0.05) is 12.5 Å². The third-order valence-corrected chi connectivity index (χ3v) is 3.01. The minimum atomic E-state index is -1.06. The van der Waals surface area contributed by atoms with Crippen molar-refractivity contribution in [1.29, 1.82) is 0 Å². The Bertz CT molecular complexity index is 469. The van der Waals surface area contributed by atoms with Crippen LogP contribution in [0.4, 0.5) is 0 Å². The number of hydrogen-bond acceptors (Lipinski definition) is 2. The van der Waals surface area contributed by atoms with E-state index in [4.69, 9.17) is 16.7 Å². The van der Waals surface area contributed by atoms with Gasteiger partial charge in [0.1, 0.15) is 0 Å². The van der Waals surface area contributed by atoms with Gasteiger partial charge in [0.05, 0.1) is 10.6 Å². The molecule has 0 spiro atoms. The Labute approximate surface area is 104 Å². The van der Waals surface area contributed by atoms with Crippen molar-refractivity contribution in [3.63, 3.8) is 0 Å². The number of carboxylic acid groups (broad SMARTS) is 1. The number of carbonyl (C=O) groups excluding carboxylic acids is 1. The van der Waals surface area contributed by atoms with Crippen molar-refractivity contribution < 1.29 is 14.7 Å². The standard InChI is InChI=1S/C12H12ClNO3/c13-10-4-1-7(5-9(10)12(16)17)6-14-11(15)8-2-3-8/h1,4-5,8H,2-3,6H2,(H,14,15)(H,16,17). The lowest BCUT2D eigenvalue weighted by molar-refractivity contribution is -0.122. The van der Waals surface area contributed by atoms with Crippen LogP contribution < -0.4 is 5.32 Å². The van der Waals surface area contributed by atoms with Crippen molar-refractivity contribution in [3.05, 3.63) is 34.3 Å². The topological polar surface area (TPSA) is 66.4 Å². The summed E-state index contributed by atoms with van der Waals surface area (Å²) in [4.78, 5) is 22.3. The van der Waals surface area contributed by atoms with Crippen molar-refractivity contribution in [3.8, 4) is 0 Å². The smallest absolute Gasteiger partial charge is 0.337 e. The lowest BCUT2D eigenvalue weighted by Crippen LogP contribution is -2.24. The first-order chi connectivity index (χ1) is 8.08. The highest BCUT2D eigenvalue weighted by Crippen LogP contribution is 2.28. The minimum absolute atomic E-state index is 0.0387. The molecule has 0 atom stereocenters. The molecule has 2 N–H and O–H groups in total. The molecule has 0 unspecified atom stereocenters. The Morgan fingerprint density at radius 1 is 1.41 bits per heavy atom. The average molecular weight is 254 g/mol. The summed E-state index contributed by atoms with van der Waals surface area (Å²) in [5.74, 6) is -0.872. The quantitative estimate of drug-likeness (QED) is 0.863. The zero-order valence-corrected chi connectivity index (χ0v) is 9.83. The summed E-state index contributed by atoms with van der Waals surface area (Å²) in [6.45, 7) is 0.340. The number of nitrogens with one attached hydrogen (secondary N) is 1. The molecule has 90 valence electrons. The van der Waals surface area contributed by atoms with Gasteiger partial charge in [0.2, 0.25) is 5.91 Å². The lowest BCUT2D eigenvalue weighted by atomic mass is 10.1. The Balaban J connectivity index is 2.03. The van der Waals surface area contributed by atoms with Gasteiger partial charge in [0.25, 0.3) is 0 Å². The molecule has 1 amide bonds. The first-order valence-electron chi connectivity index (χ1n) is 5.37. The molecule has 0 aromatic heterocycles. The number of carbonyl (C=O) groups is 2. The highest BCUT2D eigenvalue weighted by Gasteiger charge is 2.29. The van der Waals surface area contributed by atoms with Crippen molar-refractivity contribution in [2.24, 2.45) is 5.92 Å². The summed E-state index contributed by atoms with van der Waals surface area (Å²) in [7, 11) is 0. The predicted molar refractivity (Wildman–Crippen MR) is 63.0 cm³/mol. The molecular weight excluding hydrogens is 242 g/mol. The first kappa shape index (κ1) is 11.9. The molecule has 0 aliphatic heterocycles. The Morgan fingerprint density at radius 2 is 2.12 bits per heavy atom. The lowest BCUT2D eigenvalue weighted by Gasteiger charge is -2.06. The molecule has 1 saturated carbocycles. The van der Waals surface area contributed by atoms with Crippen LogP contribution in [0.25, 0.3) is 0 Å². The van der Waals surface area contributed by atoms with Gasteiger partial charge >= 0.3 is 5.97 Å². The predicted octanol–water partition coefficient (Wildman–Crippen LogP) is 2.06.